The summed E-state index contributed by atoms with van der Waals surface area (Å²) in [5.74, 6) is 2.58. The van der Waals surface area contributed by atoms with Gasteiger partial charge < -0.3 is 10.5 Å². The van der Waals surface area contributed by atoms with E-state index in [0.717, 1.165) is 26.0 Å². The van der Waals surface area contributed by atoms with Gasteiger partial charge in [-0.05, 0) is 38.5 Å². The summed E-state index contributed by atoms with van der Waals surface area (Å²) in [5, 5.41) is 0. The van der Waals surface area contributed by atoms with Crippen LogP contribution >= 0.6 is 11.8 Å². The zero-order valence-corrected chi connectivity index (χ0v) is 11.1. The summed E-state index contributed by atoms with van der Waals surface area (Å²) >= 11 is 2.08. The number of hydrogen-bond donors (Lipinski definition) is 1. The van der Waals surface area contributed by atoms with Gasteiger partial charge in [-0.25, -0.2) is 0 Å². The monoisotopic (exact) mass is 244 g/mol. The van der Waals surface area contributed by atoms with E-state index in [2.05, 4.69) is 23.6 Å². The molecular weight excluding hydrogens is 220 g/mol. The van der Waals surface area contributed by atoms with Crippen LogP contribution in [-0.2, 0) is 4.74 Å². The van der Waals surface area contributed by atoms with E-state index in [0.29, 0.717) is 6.10 Å². The van der Waals surface area contributed by atoms with Gasteiger partial charge in [0.2, 0.25) is 0 Å². The Kier molecular flexibility index (Phi) is 4.53. The van der Waals surface area contributed by atoms with Gasteiger partial charge in [0.1, 0.15) is 0 Å². The fraction of sp³-hybridized carbons (Fsp3) is 1.00. The van der Waals surface area contributed by atoms with Crippen LogP contribution in [0.5, 0.6) is 0 Å². The first-order chi connectivity index (χ1) is 7.80. The van der Waals surface area contributed by atoms with Crippen LogP contribution in [-0.4, -0.2) is 54.3 Å². The smallest absolute Gasteiger partial charge is 0.0611 e. The zero-order chi connectivity index (χ0) is 11.4. The third-order valence-electron chi connectivity index (χ3n) is 3.89. The summed E-state index contributed by atoms with van der Waals surface area (Å²) in [7, 11) is 0. The van der Waals surface area contributed by atoms with Crippen molar-refractivity contribution in [3.05, 3.63) is 0 Å². The lowest BCUT2D eigenvalue weighted by atomic mass is 9.72. The van der Waals surface area contributed by atoms with E-state index in [-0.39, 0.29) is 5.54 Å². The van der Waals surface area contributed by atoms with Crippen molar-refractivity contribution in [2.24, 2.45) is 5.73 Å². The molecule has 0 aromatic rings. The number of ether oxygens (including phenoxy) is 1. The molecule has 1 saturated carbocycles. The van der Waals surface area contributed by atoms with Crippen molar-refractivity contribution in [1.82, 2.24) is 4.90 Å². The Labute approximate surface area is 103 Å². The van der Waals surface area contributed by atoms with Gasteiger partial charge in [-0.3, -0.25) is 4.90 Å². The lowest BCUT2D eigenvalue weighted by Gasteiger charge is -2.53. The molecule has 1 aliphatic carbocycles. The second-order valence-electron chi connectivity index (χ2n) is 4.87. The van der Waals surface area contributed by atoms with Gasteiger partial charge in [-0.1, -0.05) is 0 Å². The van der Waals surface area contributed by atoms with Crippen molar-refractivity contribution >= 4 is 11.8 Å². The Balaban J connectivity index is 1.89. The molecule has 0 radical (unpaired) electrons. The van der Waals surface area contributed by atoms with Crippen LogP contribution in [0.2, 0.25) is 0 Å². The normalized spacial score (nSPS) is 36.8. The van der Waals surface area contributed by atoms with E-state index in [4.69, 9.17) is 10.5 Å². The van der Waals surface area contributed by atoms with Crippen molar-refractivity contribution in [2.75, 3.05) is 37.7 Å². The number of nitrogens with two attached hydrogens (primary N) is 1. The minimum Gasteiger partial charge on any atom is -0.378 e. The summed E-state index contributed by atoms with van der Waals surface area (Å²) in [6, 6.07) is 0. The first-order valence-electron chi connectivity index (χ1n) is 6.45. The highest BCUT2D eigenvalue weighted by atomic mass is 32.2. The Hall–Kier alpha value is 0.230. The quantitative estimate of drug-likeness (QED) is 0.809. The van der Waals surface area contributed by atoms with Crippen LogP contribution in [0.15, 0.2) is 0 Å². The maximum absolute atomic E-state index is 6.01. The van der Waals surface area contributed by atoms with E-state index < -0.39 is 0 Å². The average Bonchev–Trinajstić information content (AvgIpc) is 2.51. The van der Waals surface area contributed by atoms with Gasteiger partial charge in [0.05, 0.1) is 6.10 Å². The Morgan fingerprint density at radius 3 is 2.88 bits per heavy atom. The molecule has 0 atom stereocenters. The predicted molar refractivity (Wildman–Crippen MR) is 69.9 cm³/mol. The summed E-state index contributed by atoms with van der Waals surface area (Å²) < 4.78 is 5.67. The predicted octanol–water partition coefficient (Wildman–Crippen LogP) is 1.32. The highest BCUT2D eigenvalue weighted by molar-refractivity contribution is 7.99. The van der Waals surface area contributed by atoms with E-state index in [1.165, 1.54) is 31.0 Å². The molecule has 1 heterocycles. The highest BCUT2D eigenvalue weighted by Gasteiger charge is 2.47. The van der Waals surface area contributed by atoms with Gasteiger partial charge in [0.15, 0.2) is 0 Å². The van der Waals surface area contributed by atoms with Gasteiger partial charge in [0.25, 0.3) is 0 Å². The Morgan fingerprint density at radius 1 is 1.38 bits per heavy atom. The lowest BCUT2D eigenvalue weighted by Crippen LogP contribution is -2.64. The van der Waals surface area contributed by atoms with Crippen molar-refractivity contribution in [3.8, 4) is 0 Å². The lowest BCUT2D eigenvalue weighted by molar-refractivity contribution is -0.0978. The molecule has 4 heteroatoms. The highest BCUT2D eigenvalue weighted by Crippen LogP contribution is 2.39. The largest absolute Gasteiger partial charge is 0.378 e. The van der Waals surface area contributed by atoms with E-state index in [1.54, 1.807) is 0 Å². The number of thioether (sulfide) groups is 1. The van der Waals surface area contributed by atoms with Crippen LogP contribution < -0.4 is 5.73 Å². The van der Waals surface area contributed by atoms with Crippen LogP contribution in [0.4, 0.5) is 0 Å². The SMILES string of the molecule is CCOC1CC(CN)(N2CCCSCC2)C1. The summed E-state index contributed by atoms with van der Waals surface area (Å²) in [4.78, 5) is 2.63. The van der Waals surface area contributed by atoms with Gasteiger partial charge in [0, 0.05) is 31.0 Å². The third kappa shape index (κ3) is 2.55. The van der Waals surface area contributed by atoms with Crippen molar-refractivity contribution in [3.63, 3.8) is 0 Å². The summed E-state index contributed by atoms with van der Waals surface area (Å²) in [6.07, 6.45) is 4.06. The number of hydrogen-bond acceptors (Lipinski definition) is 4. The van der Waals surface area contributed by atoms with Crippen LogP contribution in [0.1, 0.15) is 26.2 Å². The molecule has 0 aromatic heterocycles. The van der Waals surface area contributed by atoms with Crippen LogP contribution in [0, 0.1) is 0 Å². The Bertz CT molecular complexity index is 211. The van der Waals surface area contributed by atoms with Crippen LogP contribution in [0.3, 0.4) is 0 Å². The molecule has 16 heavy (non-hydrogen) atoms. The summed E-state index contributed by atoms with van der Waals surface area (Å²) in [5.41, 5.74) is 6.27. The molecular formula is C12H24N2OS. The first-order valence-corrected chi connectivity index (χ1v) is 7.61. The third-order valence-corrected chi connectivity index (χ3v) is 4.94. The zero-order valence-electron chi connectivity index (χ0n) is 10.3. The minimum absolute atomic E-state index is 0.269. The molecule has 1 aliphatic heterocycles. The standard InChI is InChI=1S/C12H24N2OS/c1-2-15-11-8-12(9-11,10-13)14-4-3-6-16-7-5-14/h11H,2-10,13H2,1H3. The molecule has 0 spiro atoms. The Morgan fingerprint density at radius 2 is 2.19 bits per heavy atom. The molecule has 2 aliphatic rings. The van der Waals surface area contributed by atoms with E-state index >= 15 is 0 Å². The van der Waals surface area contributed by atoms with Gasteiger partial charge in [-0.2, -0.15) is 11.8 Å². The maximum atomic E-state index is 6.01. The molecule has 0 amide bonds. The average molecular weight is 244 g/mol. The second-order valence-corrected chi connectivity index (χ2v) is 6.09. The van der Waals surface area contributed by atoms with Gasteiger partial charge in [-0.15, -0.1) is 0 Å². The first kappa shape index (κ1) is 12.7. The maximum Gasteiger partial charge on any atom is 0.0611 e. The molecule has 0 unspecified atom stereocenters. The fourth-order valence-electron chi connectivity index (χ4n) is 2.92. The molecule has 2 fully saturated rings. The van der Waals surface area contributed by atoms with E-state index in [9.17, 15) is 0 Å². The van der Waals surface area contributed by atoms with Crippen molar-refractivity contribution in [2.45, 2.75) is 37.8 Å². The summed E-state index contributed by atoms with van der Waals surface area (Å²) in [6.45, 7) is 6.14. The van der Waals surface area contributed by atoms with Crippen molar-refractivity contribution < 1.29 is 4.74 Å². The molecule has 1 saturated heterocycles. The van der Waals surface area contributed by atoms with Crippen LogP contribution in [0.25, 0.3) is 0 Å². The molecule has 3 nitrogen and oxygen atoms in total. The fourth-order valence-corrected chi connectivity index (χ4v) is 3.80. The molecule has 0 bridgehead atoms. The van der Waals surface area contributed by atoms with Gasteiger partial charge >= 0.3 is 0 Å². The molecule has 2 rings (SSSR count). The molecule has 2 N–H and O–H groups in total. The number of rotatable bonds is 4. The molecule has 94 valence electrons. The van der Waals surface area contributed by atoms with E-state index in [1.807, 2.05) is 0 Å². The minimum atomic E-state index is 0.269. The van der Waals surface area contributed by atoms with Crippen molar-refractivity contribution in [1.29, 1.82) is 0 Å². The molecule has 0 aromatic carbocycles. The topological polar surface area (TPSA) is 38.5 Å². The second kappa shape index (κ2) is 5.71. The number of nitrogens with zero attached hydrogens (tertiary/aromatic N) is 1.